The van der Waals surface area contributed by atoms with Gasteiger partial charge in [-0.15, -0.1) is 0 Å². The predicted octanol–water partition coefficient (Wildman–Crippen LogP) is 4.92. The van der Waals surface area contributed by atoms with E-state index in [-0.39, 0.29) is 71.2 Å². The van der Waals surface area contributed by atoms with Crippen molar-refractivity contribution in [3.63, 3.8) is 0 Å². The van der Waals surface area contributed by atoms with E-state index >= 15 is 4.39 Å². The van der Waals surface area contributed by atoms with E-state index in [1.54, 1.807) is 33.4 Å². The Balaban J connectivity index is 0.862. The number of hydrogen-bond acceptors (Lipinski definition) is 16. The number of aromatic nitrogens is 6. The van der Waals surface area contributed by atoms with E-state index in [2.05, 4.69) is 55.9 Å². The molecule has 0 amide bonds. The molecule has 0 bridgehead atoms. The molecular weight excluding hydrogens is 964 g/mol. The van der Waals surface area contributed by atoms with E-state index in [4.69, 9.17) is 9.97 Å². The highest BCUT2D eigenvalue weighted by atomic mass is 32.2. The summed E-state index contributed by atoms with van der Waals surface area (Å²) in [5, 5.41) is 51.3. The molecule has 0 saturated carbocycles. The molecule has 3 saturated heterocycles. The summed E-state index contributed by atoms with van der Waals surface area (Å²) < 4.78 is 75.8. The fraction of sp³-hybridized carbons (Fsp3) is 0.510. The van der Waals surface area contributed by atoms with Crippen LogP contribution in [-0.2, 0) is 20.0 Å². The number of benzene rings is 2. The third-order valence-electron chi connectivity index (χ3n) is 14.3. The Labute approximate surface area is 420 Å². The number of fused-ring (bicyclic) bond motifs is 2. The summed E-state index contributed by atoms with van der Waals surface area (Å²) in [4.78, 5) is 9.97. The maximum atomic E-state index is 15.8. The lowest BCUT2D eigenvalue weighted by Crippen LogP contribution is -2.45. The van der Waals surface area contributed by atoms with Crippen molar-refractivity contribution in [1.29, 1.82) is 0 Å². The summed E-state index contributed by atoms with van der Waals surface area (Å²) in [5.74, 6) is 1.95. The molecule has 20 nitrogen and oxygen atoms in total. The molecule has 7 heterocycles. The van der Waals surface area contributed by atoms with Crippen molar-refractivity contribution in [2.45, 2.75) is 99.3 Å². The molecule has 0 spiro atoms. The van der Waals surface area contributed by atoms with Crippen LogP contribution >= 0.6 is 0 Å². The van der Waals surface area contributed by atoms with Crippen molar-refractivity contribution < 1.29 is 31.4 Å². The van der Waals surface area contributed by atoms with E-state index in [1.165, 1.54) is 48.7 Å². The van der Waals surface area contributed by atoms with Crippen molar-refractivity contribution in [3.05, 3.63) is 89.5 Å². The molecule has 5 unspecified atom stereocenters. The lowest BCUT2D eigenvalue weighted by molar-refractivity contribution is 0.0711. The maximum absolute atomic E-state index is 15.8. The van der Waals surface area contributed by atoms with Gasteiger partial charge in [-0.3, -0.25) is 0 Å². The second kappa shape index (κ2) is 21.1. The van der Waals surface area contributed by atoms with Gasteiger partial charge in [0.05, 0.1) is 34.4 Å². The van der Waals surface area contributed by atoms with Crippen molar-refractivity contribution in [1.82, 2.24) is 48.4 Å². The number of anilines is 5. The van der Waals surface area contributed by atoms with E-state index in [1.807, 2.05) is 26.1 Å². The summed E-state index contributed by atoms with van der Waals surface area (Å²) >= 11 is 0. The molecule has 4 aromatic heterocycles. The summed E-state index contributed by atoms with van der Waals surface area (Å²) in [6.45, 7) is 11.2. The SMILES string of the molecule is CC(C)c1cnn2c(Nc3ccc(S(=O)(=O)N(C)C)cc3)cc(NCC3CC(c4cc(S(=O)(=O)N5CCC(Nc6cc(NCC7CCNCC7O)nc7c(C(C)C)cnn67)CC5)ccc4F)NCC3O)nc12. The van der Waals surface area contributed by atoms with Crippen LogP contribution in [0.25, 0.3) is 11.3 Å². The van der Waals surface area contributed by atoms with Gasteiger partial charge in [0.25, 0.3) is 0 Å². The minimum Gasteiger partial charge on any atom is -0.391 e. The van der Waals surface area contributed by atoms with E-state index in [0.29, 0.717) is 61.1 Å². The Bertz CT molecular complexity index is 3110. The van der Waals surface area contributed by atoms with Crippen LogP contribution in [0, 0.1) is 17.7 Å². The number of halogens is 1. The minimum absolute atomic E-state index is 0.00402. The van der Waals surface area contributed by atoms with Crippen LogP contribution in [0.1, 0.15) is 87.9 Å². The Morgan fingerprint density at radius 3 is 1.96 bits per heavy atom. The van der Waals surface area contributed by atoms with Crippen molar-refractivity contribution in [2.75, 3.05) is 81.2 Å². The standard InChI is InChI=1S/C49H67FN14O6S2/c1-29(2)38-26-56-64-47(21-44(59-48(38)64)53-23-31-13-16-51-27-42(31)65)58-34-14-17-62(18-15-34)72(69,70)36-11-12-40(50)37(20-36)41-19-32(43(66)28-52-41)24-54-45-22-46(63-49(60-45)39(25-55-63)30(3)4)57-33-7-9-35(10-8-33)71(67,68)61(5)6/h7-12,20-22,25-26,29-32,34,41-43,51-52,57-58,65-66H,13-19,23-24,27-28H2,1-6H3,(H,53,59)(H,54,60). The third-order valence-corrected chi connectivity index (χ3v) is 18.0. The van der Waals surface area contributed by atoms with Crippen LogP contribution in [0.3, 0.4) is 0 Å². The van der Waals surface area contributed by atoms with Crippen LogP contribution in [0.15, 0.2) is 76.8 Å². The first-order valence-corrected chi connectivity index (χ1v) is 27.7. The highest BCUT2D eigenvalue weighted by Gasteiger charge is 2.35. The molecule has 388 valence electrons. The predicted molar refractivity (Wildman–Crippen MR) is 275 cm³/mol. The summed E-state index contributed by atoms with van der Waals surface area (Å²) in [5.41, 5.74) is 4.10. The molecule has 3 fully saturated rings. The normalized spacial score (nSPS) is 21.8. The largest absolute Gasteiger partial charge is 0.391 e. The number of aliphatic hydroxyl groups is 2. The van der Waals surface area contributed by atoms with Gasteiger partial charge in [0.2, 0.25) is 20.0 Å². The van der Waals surface area contributed by atoms with Crippen molar-refractivity contribution >= 4 is 60.3 Å². The van der Waals surface area contributed by atoms with Crippen LogP contribution in [-0.4, -0.2) is 143 Å². The molecule has 0 aliphatic carbocycles. The van der Waals surface area contributed by atoms with Gasteiger partial charge in [0.1, 0.15) is 29.1 Å². The second-order valence-corrected chi connectivity index (χ2v) is 24.2. The van der Waals surface area contributed by atoms with Crippen molar-refractivity contribution in [2.24, 2.45) is 11.8 Å². The number of piperidine rings is 3. The Morgan fingerprint density at radius 2 is 1.35 bits per heavy atom. The fourth-order valence-corrected chi connectivity index (χ4v) is 12.2. The first-order chi connectivity index (χ1) is 34.4. The zero-order valence-electron chi connectivity index (χ0n) is 41.5. The van der Waals surface area contributed by atoms with Gasteiger partial charge in [-0.1, -0.05) is 27.7 Å². The molecular formula is C49H67FN14O6S2. The third kappa shape index (κ3) is 10.7. The zero-order chi connectivity index (χ0) is 51.1. The molecule has 3 aliphatic rings. The molecule has 23 heteroatoms. The molecule has 9 rings (SSSR count). The van der Waals surface area contributed by atoms with Crippen LogP contribution < -0.4 is 31.9 Å². The number of nitrogens with zero attached hydrogens (tertiary/aromatic N) is 8. The van der Waals surface area contributed by atoms with E-state index < -0.39 is 44.1 Å². The monoisotopic (exact) mass is 1030 g/mol. The van der Waals surface area contributed by atoms with Gasteiger partial charge in [0.15, 0.2) is 11.3 Å². The molecule has 2 aromatic carbocycles. The maximum Gasteiger partial charge on any atom is 0.243 e. The second-order valence-electron chi connectivity index (χ2n) is 20.1. The fourth-order valence-electron chi connectivity index (χ4n) is 9.80. The van der Waals surface area contributed by atoms with Gasteiger partial charge < -0.3 is 42.1 Å². The van der Waals surface area contributed by atoms with Gasteiger partial charge in [0, 0.05) is 112 Å². The van der Waals surface area contributed by atoms with Crippen molar-refractivity contribution in [3.8, 4) is 0 Å². The summed E-state index contributed by atoms with van der Waals surface area (Å²) in [6.07, 6.45) is 4.56. The highest BCUT2D eigenvalue weighted by Crippen LogP contribution is 2.34. The number of rotatable bonds is 17. The Morgan fingerprint density at radius 1 is 0.764 bits per heavy atom. The number of β-amino-alcohol motifs (C(OH)–C–C–N with tert-alkyl or cyclic N) is 2. The average molecular weight is 1030 g/mol. The van der Waals surface area contributed by atoms with Gasteiger partial charge in [-0.05, 0) is 86.5 Å². The quantitative estimate of drug-likeness (QED) is 0.0604. The number of nitrogens with one attached hydrogen (secondary N) is 6. The molecule has 5 atom stereocenters. The molecule has 6 aromatic rings. The smallest absolute Gasteiger partial charge is 0.243 e. The lowest BCUT2D eigenvalue weighted by atomic mass is 9.86. The molecule has 3 aliphatic heterocycles. The van der Waals surface area contributed by atoms with Gasteiger partial charge >= 0.3 is 0 Å². The Kier molecular flexibility index (Phi) is 15.1. The molecule has 72 heavy (non-hydrogen) atoms. The van der Waals surface area contributed by atoms with Crippen LogP contribution in [0.5, 0.6) is 0 Å². The summed E-state index contributed by atoms with van der Waals surface area (Å²) in [6, 6.07) is 13.4. The Hall–Kier alpha value is -5.53. The number of aliphatic hydroxyl groups excluding tert-OH is 2. The number of sulfonamides is 2. The average Bonchev–Trinajstić information content (AvgIpc) is 4.00. The minimum atomic E-state index is -4.00. The number of hydrogen-bond donors (Lipinski definition) is 8. The first-order valence-electron chi connectivity index (χ1n) is 24.8. The van der Waals surface area contributed by atoms with Gasteiger partial charge in [-0.2, -0.15) is 23.5 Å². The van der Waals surface area contributed by atoms with E-state index in [9.17, 15) is 27.0 Å². The van der Waals surface area contributed by atoms with Crippen LogP contribution in [0.4, 0.5) is 33.3 Å². The first kappa shape index (κ1) is 51.4. The van der Waals surface area contributed by atoms with E-state index in [0.717, 1.165) is 39.9 Å². The zero-order valence-corrected chi connectivity index (χ0v) is 43.2. The topological polar surface area (TPSA) is 248 Å². The highest BCUT2D eigenvalue weighted by molar-refractivity contribution is 7.89. The molecule has 8 N–H and O–H groups in total. The lowest BCUT2D eigenvalue weighted by Gasteiger charge is -2.35. The van der Waals surface area contributed by atoms with Crippen LogP contribution in [0.2, 0.25) is 0 Å². The summed E-state index contributed by atoms with van der Waals surface area (Å²) in [7, 11) is -4.66. The molecule has 0 radical (unpaired) electrons. The van der Waals surface area contributed by atoms with Gasteiger partial charge in [-0.25, -0.2) is 35.5 Å².